The molecule has 2 unspecified atom stereocenters. The largest absolute Gasteiger partial charge is 0.543 e. The van der Waals surface area contributed by atoms with E-state index in [1.54, 1.807) is 0 Å². The number of carbonyl (C=O) groups excluding carboxylic acids is 1. The summed E-state index contributed by atoms with van der Waals surface area (Å²) in [6.07, 6.45) is 4.76. The van der Waals surface area contributed by atoms with E-state index in [-0.39, 0.29) is 17.3 Å². The number of carbonyl (C=O) groups is 1. The Morgan fingerprint density at radius 2 is 2.26 bits per heavy atom. The van der Waals surface area contributed by atoms with Crippen LogP contribution in [0.15, 0.2) is 0 Å². The third-order valence-corrected chi connectivity index (χ3v) is 4.04. The molecule has 19 heavy (non-hydrogen) atoms. The van der Waals surface area contributed by atoms with E-state index in [0.717, 1.165) is 51.8 Å². The molecule has 1 aliphatic rings. The summed E-state index contributed by atoms with van der Waals surface area (Å²) >= 11 is 4.49. The maximum absolute atomic E-state index is 11.6. The molecule has 0 amide bonds. The van der Waals surface area contributed by atoms with Gasteiger partial charge in [-0.3, -0.25) is 9.69 Å². The summed E-state index contributed by atoms with van der Waals surface area (Å²) in [6, 6.07) is 0. The molecule has 1 fully saturated rings. The third-order valence-electron chi connectivity index (χ3n) is 3.56. The predicted octanol–water partition coefficient (Wildman–Crippen LogP) is 1.79. The Bertz CT molecular complexity index is 268. The molecule has 4 nitrogen and oxygen atoms in total. The van der Waals surface area contributed by atoms with Gasteiger partial charge >= 0.3 is 8.05 Å². The standard InChI is InChI=1S/C13H24BNO3S/c1-2-3-5-11(13(16)18-14)6-4-7-15-8-9-17-10-12(15)19/h11-12,19H,2-10H2,1H3. The van der Waals surface area contributed by atoms with E-state index in [9.17, 15) is 4.79 Å². The van der Waals surface area contributed by atoms with Crippen molar-refractivity contribution in [1.29, 1.82) is 0 Å². The van der Waals surface area contributed by atoms with Gasteiger partial charge in [-0.2, -0.15) is 12.6 Å². The van der Waals surface area contributed by atoms with Gasteiger partial charge in [-0.1, -0.05) is 19.8 Å². The zero-order chi connectivity index (χ0) is 14.1. The van der Waals surface area contributed by atoms with Crippen molar-refractivity contribution in [1.82, 2.24) is 4.90 Å². The molecule has 1 heterocycles. The number of rotatable bonds is 8. The second-order valence-corrected chi connectivity index (χ2v) is 5.61. The van der Waals surface area contributed by atoms with Crippen LogP contribution in [0.25, 0.3) is 0 Å². The number of thiol groups is 1. The van der Waals surface area contributed by atoms with Crippen molar-refractivity contribution in [3.8, 4) is 0 Å². The maximum Gasteiger partial charge on any atom is 0.378 e. The number of unbranched alkanes of at least 4 members (excludes halogenated alkanes) is 1. The van der Waals surface area contributed by atoms with Gasteiger partial charge in [0.15, 0.2) is 0 Å². The first kappa shape index (κ1) is 16.9. The van der Waals surface area contributed by atoms with Crippen molar-refractivity contribution in [2.75, 3.05) is 26.3 Å². The summed E-state index contributed by atoms with van der Waals surface area (Å²) in [4.78, 5) is 13.9. The normalized spacial score (nSPS) is 22.1. The van der Waals surface area contributed by atoms with E-state index in [2.05, 4.69) is 29.1 Å². The molecule has 6 heteroatoms. The molecular formula is C13H24BNO3S. The van der Waals surface area contributed by atoms with Gasteiger partial charge in [0.05, 0.1) is 24.5 Å². The molecule has 0 saturated carbocycles. The lowest BCUT2D eigenvalue weighted by Gasteiger charge is -2.32. The van der Waals surface area contributed by atoms with Crippen molar-refractivity contribution in [2.45, 2.75) is 44.4 Å². The quantitative estimate of drug-likeness (QED) is 0.545. The Kier molecular flexibility index (Phi) is 8.58. The highest BCUT2D eigenvalue weighted by Crippen LogP contribution is 2.18. The van der Waals surface area contributed by atoms with Crippen molar-refractivity contribution in [3.05, 3.63) is 0 Å². The highest BCUT2D eigenvalue weighted by atomic mass is 32.1. The Morgan fingerprint density at radius 1 is 1.53 bits per heavy atom. The van der Waals surface area contributed by atoms with Crippen LogP contribution >= 0.6 is 12.6 Å². The lowest BCUT2D eigenvalue weighted by molar-refractivity contribution is -0.139. The van der Waals surface area contributed by atoms with Crippen molar-refractivity contribution in [2.24, 2.45) is 5.92 Å². The molecule has 0 aliphatic carbocycles. The van der Waals surface area contributed by atoms with Crippen LogP contribution in [0.1, 0.15) is 39.0 Å². The number of nitrogens with zero attached hydrogens (tertiary/aromatic N) is 1. The SMILES string of the molecule is [B]OC(=O)C(CCCC)CCCN1CCOCC1S. The van der Waals surface area contributed by atoms with Gasteiger partial charge in [0.25, 0.3) is 5.97 Å². The summed E-state index contributed by atoms with van der Waals surface area (Å²) < 4.78 is 9.72. The highest BCUT2D eigenvalue weighted by Gasteiger charge is 2.21. The lowest BCUT2D eigenvalue weighted by Crippen LogP contribution is -2.42. The molecule has 0 aromatic heterocycles. The predicted molar refractivity (Wildman–Crippen MR) is 79.3 cm³/mol. The first-order chi connectivity index (χ1) is 9.19. The second-order valence-electron chi connectivity index (χ2n) is 5.01. The van der Waals surface area contributed by atoms with Crippen LogP contribution in [0.4, 0.5) is 0 Å². The average molecular weight is 285 g/mol. The van der Waals surface area contributed by atoms with E-state index >= 15 is 0 Å². The summed E-state index contributed by atoms with van der Waals surface area (Å²) in [6.45, 7) is 5.41. The average Bonchev–Trinajstić information content (AvgIpc) is 2.43. The number of hydrogen-bond acceptors (Lipinski definition) is 5. The third kappa shape index (κ3) is 6.19. The minimum absolute atomic E-state index is 0.0654. The molecule has 0 spiro atoms. The zero-order valence-electron chi connectivity index (χ0n) is 11.7. The molecule has 2 atom stereocenters. The number of ether oxygens (including phenoxy) is 1. The Balaban J connectivity index is 2.28. The fraction of sp³-hybridized carbons (Fsp3) is 0.923. The number of hydrogen-bond donors (Lipinski definition) is 1. The molecule has 2 radical (unpaired) electrons. The molecule has 108 valence electrons. The fourth-order valence-corrected chi connectivity index (χ4v) is 2.69. The molecule has 0 bridgehead atoms. The van der Waals surface area contributed by atoms with Gasteiger partial charge in [-0.15, -0.1) is 0 Å². The monoisotopic (exact) mass is 285 g/mol. The van der Waals surface area contributed by atoms with Gasteiger partial charge in [0, 0.05) is 6.54 Å². The Morgan fingerprint density at radius 3 is 2.89 bits per heavy atom. The van der Waals surface area contributed by atoms with Gasteiger partial charge in [0.2, 0.25) is 0 Å². The first-order valence-electron chi connectivity index (χ1n) is 7.09. The van der Waals surface area contributed by atoms with Crippen molar-refractivity contribution < 1.29 is 14.2 Å². The maximum atomic E-state index is 11.6. The molecule has 0 aromatic rings. The molecule has 0 N–H and O–H groups in total. The molecular weight excluding hydrogens is 261 g/mol. The summed E-state index contributed by atoms with van der Waals surface area (Å²) in [7, 11) is 4.99. The number of morpholine rings is 1. The first-order valence-corrected chi connectivity index (χ1v) is 7.61. The second kappa shape index (κ2) is 9.67. The van der Waals surface area contributed by atoms with Gasteiger partial charge in [0.1, 0.15) is 0 Å². The smallest absolute Gasteiger partial charge is 0.378 e. The Hall–Kier alpha value is -0.195. The van der Waals surface area contributed by atoms with E-state index in [1.807, 2.05) is 0 Å². The van der Waals surface area contributed by atoms with Crippen LogP contribution in [0.5, 0.6) is 0 Å². The topological polar surface area (TPSA) is 38.8 Å². The molecule has 1 saturated heterocycles. The summed E-state index contributed by atoms with van der Waals surface area (Å²) in [5.41, 5.74) is 0. The zero-order valence-corrected chi connectivity index (χ0v) is 12.6. The highest BCUT2D eigenvalue weighted by molar-refractivity contribution is 7.80. The minimum atomic E-state index is -0.280. The lowest BCUT2D eigenvalue weighted by atomic mass is 9.96. The van der Waals surface area contributed by atoms with Crippen LogP contribution in [0.3, 0.4) is 0 Å². The van der Waals surface area contributed by atoms with Crippen molar-refractivity contribution in [3.63, 3.8) is 0 Å². The fourth-order valence-electron chi connectivity index (χ4n) is 2.35. The van der Waals surface area contributed by atoms with Gasteiger partial charge < -0.3 is 9.39 Å². The van der Waals surface area contributed by atoms with Crippen LogP contribution in [-0.4, -0.2) is 50.6 Å². The van der Waals surface area contributed by atoms with Crippen LogP contribution in [0.2, 0.25) is 0 Å². The van der Waals surface area contributed by atoms with E-state index in [1.165, 1.54) is 0 Å². The van der Waals surface area contributed by atoms with Gasteiger partial charge in [-0.25, -0.2) is 0 Å². The molecule has 1 rings (SSSR count). The Labute approximate surface area is 123 Å². The van der Waals surface area contributed by atoms with Crippen LogP contribution < -0.4 is 0 Å². The van der Waals surface area contributed by atoms with E-state index < -0.39 is 0 Å². The van der Waals surface area contributed by atoms with E-state index in [4.69, 9.17) is 12.8 Å². The minimum Gasteiger partial charge on any atom is -0.543 e. The molecule has 1 aliphatic heterocycles. The summed E-state index contributed by atoms with van der Waals surface area (Å²) in [5.74, 6) is -0.345. The van der Waals surface area contributed by atoms with Crippen LogP contribution in [-0.2, 0) is 14.2 Å². The van der Waals surface area contributed by atoms with E-state index in [0.29, 0.717) is 6.61 Å². The van der Waals surface area contributed by atoms with Crippen LogP contribution in [0, 0.1) is 5.92 Å². The molecule has 0 aromatic carbocycles. The summed E-state index contributed by atoms with van der Waals surface area (Å²) in [5, 5.41) is 0.171. The van der Waals surface area contributed by atoms with Gasteiger partial charge in [-0.05, 0) is 25.8 Å². The van der Waals surface area contributed by atoms with Crippen molar-refractivity contribution >= 4 is 26.6 Å².